The molecule has 49 heavy (non-hydrogen) atoms. The molecule has 0 saturated carbocycles. The van der Waals surface area contributed by atoms with E-state index in [0.29, 0.717) is 29.7 Å². The highest BCUT2D eigenvalue weighted by molar-refractivity contribution is 7.99. The second-order valence-electron chi connectivity index (χ2n) is 12.9. The van der Waals surface area contributed by atoms with Gasteiger partial charge in [0.05, 0.1) is 11.6 Å². The Morgan fingerprint density at radius 1 is 1.04 bits per heavy atom. The molecule has 11 heteroatoms. The van der Waals surface area contributed by atoms with Crippen LogP contribution < -0.4 is 15.0 Å². The Balaban J connectivity index is 1.05. The number of amides is 2. The van der Waals surface area contributed by atoms with Crippen LogP contribution in [0.2, 0.25) is 0 Å². The van der Waals surface area contributed by atoms with Crippen molar-refractivity contribution in [1.29, 1.82) is 5.26 Å². The summed E-state index contributed by atoms with van der Waals surface area (Å²) in [5, 5.41) is 12.0. The zero-order valence-corrected chi connectivity index (χ0v) is 29.3. The number of piperazine rings is 1. The van der Waals surface area contributed by atoms with Gasteiger partial charge in [0.25, 0.3) is 0 Å². The minimum atomic E-state index is -0.550. The molecule has 0 aromatic heterocycles. The van der Waals surface area contributed by atoms with Gasteiger partial charge in [-0.3, -0.25) is 24.6 Å². The lowest BCUT2D eigenvalue weighted by Crippen LogP contribution is -2.47. The number of imide groups is 1. The van der Waals surface area contributed by atoms with Crippen molar-refractivity contribution >= 4 is 47.7 Å². The van der Waals surface area contributed by atoms with Gasteiger partial charge in [-0.15, -0.1) is 0 Å². The summed E-state index contributed by atoms with van der Waals surface area (Å²) < 4.78 is 21.5. The molecule has 6 rings (SSSR count). The lowest BCUT2D eigenvalue weighted by Gasteiger charge is -2.39. The molecule has 8 nitrogen and oxygen atoms in total. The number of anilines is 1. The second-order valence-corrected chi connectivity index (χ2v) is 14.6. The molecule has 1 N–H and O–H groups in total. The van der Waals surface area contributed by atoms with Crippen LogP contribution in [0, 0.1) is 29.0 Å². The Labute approximate surface area is 296 Å². The standard InChI is InChI=1S/C38H41FN4O4S2/c1-24(42-12-14-43(15-13-42)29-8-7-27(22-40)26(19-29)11-17-49-18-16-48)25-5-6-28(34(39)20-25)23-47-35-4-2-3-30-32(35)21-33(37(30)45)31-9-10-36(44)41-38(31)46/h2-8,19-20,24,31,33,48H,9-18,21,23H2,1H3,(H,41,44,46). The Hall–Kier alpha value is -3.85. The fourth-order valence-electron chi connectivity index (χ4n) is 7.19. The summed E-state index contributed by atoms with van der Waals surface area (Å²) in [5.74, 6) is 1.08. The van der Waals surface area contributed by atoms with E-state index in [0.717, 1.165) is 77.8 Å². The molecular formula is C38H41FN4O4S2. The predicted octanol–water partition coefficient (Wildman–Crippen LogP) is 5.77. The molecular weight excluding hydrogens is 660 g/mol. The first kappa shape index (κ1) is 35.0. The Bertz CT molecular complexity index is 1770. The number of benzene rings is 3. The number of rotatable bonds is 12. The van der Waals surface area contributed by atoms with Crippen LogP contribution in [0.25, 0.3) is 0 Å². The monoisotopic (exact) mass is 700 g/mol. The van der Waals surface area contributed by atoms with Gasteiger partial charge in [0.15, 0.2) is 5.78 Å². The largest absolute Gasteiger partial charge is 0.488 e. The van der Waals surface area contributed by atoms with Gasteiger partial charge in [0, 0.05) is 78.6 Å². The molecule has 3 unspecified atom stereocenters. The van der Waals surface area contributed by atoms with E-state index in [1.54, 1.807) is 30.3 Å². The molecule has 0 radical (unpaired) electrons. The smallest absolute Gasteiger partial charge is 0.230 e. The minimum Gasteiger partial charge on any atom is -0.488 e. The zero-order valence-electron chi connectivity index (χ0n) is 27.6. The molecule has 3 aromatic carbocycles. The number of ether oxygens (including phenoxy) is 1. The van der Waals surface area contributed by atoms with Crippen LogP contribution in [-0.4, -0.2) is 65.9 Å². The number of hydrogen-bond donors (Lipinski definition) is 2. The summed E-state index contributed by atoms with van der Waals surface area (Å²) in [6.07, 6.45) is 1.79. The number of nitriles is 1. The second kappa shape index (κ2) is 15.8. The van der Waals surface area contributed by atoms with Gasteiger partial charge in [0.2, 0.25) is 11.8 Å². The Morgan fingerprint density at radius 2 is 1.86 bits per heavy atom. The molecule has 2 amide bonds. The first-order valence-electron chi connectivity index (χ1n) is 16.9. The topological polar surface area (TPSA) is 103 Å². The van der Waals surface area contributed by atoms with Gasteiger partial charge in [-0.1, -0.05) is 24.3 Å². The zero-order chi connectivity index (χ0) is 34.5. The number of carbonyl (C=O) groups excluding carboxylic acids is 3. The summed E-state index contributed by atoms with van der Waals surface area (Å²) in [4.78, 5) is 42.0. The van der Waals surface area contributed by atoms with Gasteiger partial charge >= 0.3 is 0 Å². The fourth-order valence-corrected chi connectivity index (χ4v) is 8.27. The molecule has 3 aliphatic rings. The van der Waals surface area contributed by atoms with Crippen LogP contribution in [-0.2, 0) is 29.0 Å². The predicted molar refractivity (Wildman–Crippen MR) is 193 cm³/mol. The lowest BCUT2D eigenvalue weighted by atomic mass is 9.83. The molecule has 2 aliphatic heterocycles. The van der Waals surface area contributed by atoms with E-state index in [1.807, 2.05) is 30.0 Å². The summed E-state index contributed by atoms with van der Waals surface area (Å²) in [6.45, 7) is 5.45. The maximum absolute atomic E-state index is 15.4. The van der Waals surface area contributed by atoms with Gasteiger partial charge < -0.3 is 9.64 Å². The number of piperidine rings is 1. The van der Waals surface area contributed by atoms with Gasteiger partial charge in [-0.2, -0.15) is 29.7 Å². The van der Waals surface area contributed by atoms with Crippen molar-refractivity contribution in [2.24, 2.45) is 11.8 Å². The number of thiol groups is 1. The number of nitrogens with zero attached hydrogens (tertiary/aromatic N) is 3. The highest BCUT2D eigenvalue weighted by atomic mass is 32.2. The molecule has 0 bridgehead atoms. The number of hydrogen-bond acceptors (Lipinski definition) is 9. The lowest BCUT2D eigenvalue weighted by molar-refractivity contribution is -0.137. The summed E-state index contributed by atoms with van der Waals surface area (Å²) >= 11 is 6.13. The summed E-state index contributed by atoms with van der Waals surface area (Å²) in [7, 11) is 0. The van der Waals surface area contributed by atoms with E-state index >= 15 is 4.39 Å². The van der Waals surface area contributed by atoms with E-state index in [-0.39, 0.29) is 36.6 Å². The number of aryl methyl sites for hydroxylation is 1. The van der Waals surface area contributed by atoms with E-state index in [4.69, 9.17) is 4.74 Å². The molecule has 2 fully saturated rings. The van der Waals surface area contributed by atoms with Crippen LogP contribution in [0.1, 0.15) is 64.0 Å². The summed E-state index contributed by atoms with van der Waals surface area (Å²) in [5.41, 5.74) is 5.53. The van der Waals surface area contributed by atoms with Crippen molar-refractivity contribution in [2.75, 3.05) is 48.3 Å². The number of Topliss-reactive ketones (excluding diaryl/α,β-unsaturated/α-hetero) is 1. The fraction of sp³-hybridized carbons (Fsp3) is 0.421. The molecule has 2 saturated heterocycles. The van der Waals surface area contributed by atoms with E-state index in [9.17, 15) is 19.6 Å². The van der Waals surface area contributed by atoms with Crippen molar-refractivity contribution in [2.45, 2.75) is 45.3 Å². The van der Waals surface area contributed by atoms with Crippen molar-refractivity contribution < 1.29 is 23.5 Å². The summed E-state index contributed by atoms with van der Waals surface area (Å²) in [6, 6.07) is 19.1. The quantitative estimate of drug-likeness (QED) is 0.140. The molecule has 1 aliphatic carbocycles. The van der Waals surface area contributed by atoms with Crippen LogP contribution in [0.15, 0.2) is 54.6 Å². The number of carbonyl (C=O) groups is 3. The van der Waals surface area contributed by atoms with Crippen molar-refractivity contribution in [3.8, 4) is 11.8 Å². The number of thioether (sulfide) groups is 1. The third kappa shape index (κ3) is 7.82. The molecule has 0 spiro atoms. The number of halogens is 1. The highest BCUT2D eigenvalue weighted by Crippen LogP contribution is 2.39. The van der Waals surface area contributed by atoms with Gasteiger partial charge in [-0.05, 0) is 79.2 Å². The number of fused-ring (bicyclic) bond motifs is 1. The molecule has 256 valence electrons. The third-order valence-electron chi connectivity index (χ3n) is 10.1. The number of nitrogens with one attached hydrogen (secondary N) is 1. The van der Waals surface area contributed by atoms with Crippen molar-refractivity contribution in [3.05, 3.63) is 93.8 Å². The average molecular weight is 701 g/mol. The SMILES string of the molecule is CC(c1ccc(COc2cccc3c2CC(C2CCC(=O)NC2=O)C3=O)c(F)c1)N1CCN(c2ccc(C#N)c(CCSCCS)c2)CC1. The minimum absolute atomic E-state index is 0.00730. The number of ketones is 1. The average Bonchev–Trinajstić information content (AvgIpc) is 3.45. The van der Waals surface area contributed by atoms with Crippen LogP contribution in [0.3, 0.4) is 0 Å². The van der Waals surface area contributed by atoms with Crippen LogP contribution in [0.5, 0.6) is 5.75 Å². The van der Waals surface area contributed by atoms with Gasteiger partial charge in [0.1, 0.15) is 18.2 Å². The Morgan fingerprint density at radius 3 is 2.59 bits per heavy atom. The van der Waals surface area contributed by atoms with Crippen LogP contribution in [0.4, 0.5) is 10.1 Å². The van der Waals surface area contributed by atoms with E-state index in [2.05, 4.69) is 46.8 Å². The van der Waals surface area contributed by atoms with E-state index < -0.39 is 17.7 Å². The first-order chi connectivity index (χ1) is 23.8. The van der Waals surface area contributed by atoms with Crippen molar-refractivity contribution in [3.63, 3.8) is 0 Å². The third-order valence-corrected chi connectivity index (χ3v) is 11.6. The molecule has 3 atom stereocenters. The Kier molecular flexibility index (Phi) is 11.3. The maximum atomic E-state index is 15.4. The molecule has 2 heterocycles. The highest BCUT2D eigenvalue weighted by Gasteiger charge is 2.43. The van der Waals surface area contributed by atoms with E-state index in [1.165, 1.54) is 0 Å². The van der Waals surface area contributed by atoms with Crippen molar-refractivity contribution in [1.82, 2.24) is 10.2 Å². The van der Waals surface area contributed by atoms with Gasteiger partial charge in [-0.25, -0.2) is 4.39 Å². The first-order valence-corrected chi connectivity index (χ1v) is 18.7. The van der Waals surface area contributed by atoms with Crippen LogP contribution >= 0.6 is 24.4 Å². The molecule has 3 aromatic rings. The normalized spacial score (nSPS) is 20.1. The maximum Gasteiger partial charge on any atom is 0.230 e.